The predicted octanol–water partition coefficient (Wildman–Crippen LogP) is 2.50. The van der Waals surface area contributed by atoms with Crippen LogP contribution in [0.1, 0.15) is 9.67 Å². The maximum absolute atomic E-state index is 13.4. The SMILES string of the molecule is CS(=O)(=O)CCN1CCN(C(=O)c2sc3cc(F)ccc3c2Cl)CC1. The lowest BCUT2D eigenvalue weighted by molar-refractivity contribution is 0.0649. The first-order chi connectivity index (χ1) is 11.7. The Hall–Kier alpha value is -1.22. The van der Waals surface area contributed by atoms with E-state index in [1.807, 2.05) is 4.90 Å². The number of benzene rings is 1. The molecule has 0 aliphatic carbocycles. The number of carbonyl (C=O) groups excluding carboxylic acids is 1. The Morgan fingerprint density at radius 1 is 1.28 bits per heavy atom. The van der Waals surface area contributed by atoms with Gasteiger partial charge in [-0.15, -0.1) is 11.3 Å². The van der Waals surface area contributed by atoms with E-state index in [2.05, 4.69) is 0 Å². The molecule has 136 valence electrons. The van der Waals surface area contributed by atoms with Gasteiger partial charge in [-0.2, -0.15) is 0 Å². The Labute approximate surface area is 154 Å². The summed E-state index contributed by atoms with van der Waals surface area (Å²) in [5, 5.41) is 1.05. The van der Waals surface area contributed by atoms with Gasteiger partial charge in [-0.05, 0) is 18.2 Å². The zero-order chi connectivity index (χ0) is 18.2. The molecule has 1 aromatic heterocycles. The summed E-state index contributed by atoms with van der Waals surface area (Å²) in [5.74, 6) is -0.396. The highest BCUT2D eigenvalue weighted by Crippen LogP contribution is 2.36. The highest BCUT2D eigenvalue weighted by Gasteiger charge is 2.26. The van der Waals surface area contributed by atoms with Crippen molar-refractivity contribution in [2.24, 2.45) is 0 Å². The summed E-state index contributed by atoms with van der Waals surface area (Å²) in [6.07, 6.45) is 1.22. The van der Waals surface area contributed by atoms with Gasteiger partial charge < -0.3 is 4.90 Å². The normalized spacial score (nSPS) is 16.5. The van der Waals surface area contributed by atoms with E-state index >= 15 is 0 Å². The number of amides is 1. The molecule has 0 N–H and O–H groups in total. The highest BCUT2D eigenvalue weighted by molar-refractivity contribution is 7.90. The third kappa shape index (κ3) is 4.31. The van der Waals surface area contributed by atoms with Crippen LogP contribution in [0.25, 0.3) is 10.1 Å². The van der Waals surface area contributed by atoms with E-state index in [4.69, 9.17) is 11.6 Å². The summed E-state index contributed by atoms with van der Waals surface area (Å²) in [6.45, 7) is 2.75. The minimum Gasteiger partial charge on any atom is -0.335 e. The molecule has 1 aliphatic rings. The van der Waals surface area contributed by atoms with Gasteiger partial charge in [0.1, 0.15) is 20.5 Å². The summed E-state index contributed by atoms with van der Waals surface area (Å²) >= 11 is 7.51. The van der Waals surface area contributed by atoms with Gasteiger partial charge >= 0.3 is 0 Å². The lowest BCUT2D eigenvalue weighted by atomic mass is 10.2. The largest absolute Gasteiger partial charge is 0.335 e. The number of hydrogen-bond donors (Lipinski definition) is 0. The molecule has 2 aromatic rings. The van der Waals surface area contributed by atoms with Crippen molar-refractivity contribution < 1.29 is 17.6 Å². The minimum atomic E-state index is -2.99. The second-order valence-electron chi connectivity index (χ2n) is 6.15. The van der Waals surface area contributed by atoms with Gasteiger partial charge in [-0.3, -0.25) is 9.69 Å². The van der Waals surface area contributed by atoms with Crippen LogP contribution in [-0.4, -0.2) is 68.9 Å². The summed E-state index contributed by atoms with van der Waals surface area (Å²) < 4.78 is 36.5. The summed E-state index contributed by atoms with van der Waals surface area (Å²) in [7, 11) is -2.99. The number of thiophene rings is 1. The lowest BCUT2D eigenvalue weighted by Crippen LogP contribution is -2.49. The zero-order valence-corrected chi connectivity index (χ0v) is 16.1. The topological polar surface area (TPSA) is 57.7 Å². The van der Waals surface area contributed by atoms with E-state index in [1.54, 1.807) is 11.0 Å². The van der Waals surface area contributed by atoms with Crippen LogP contribution in [0.2, 0.25) is 5.02 Å². The number of fused-ring (bicyclic) bond motifs is 1. The number of nitrogens with zero attached hydrogens (tertiary/aromatic N) is 2. The van der Waals surface area contributed by atoms with Crippen molar-refractivity contribution in [2.75, 3.05) is 44.7 Å². The van der Waals surface area contributed by atoms with E-state index in [1.165, 1.54) is 29.7 Å². The quantitative estimate of drug-likeness (QED) is 0.785. The molecule has 3 rings (SSSR count). The molecule has 1 aliphatic heterocycles. The second-order valence-corrected chi connectivity index (χ2v) is 9.84. The van der Waals surface area contributed by atoms with Gasteiger partial charge in [0.25, 0.3) is 5.91 Å². The Morgan fingerprint density at radius 2 is 1.96 bits per heavy atom. The van der Waals surface area contributed by atoms with Crippen molar-refractivity contribution in [3.05, 3.63) is 33.9 Å². The van der Waals surface area contributed by atoms with E-state index in [9.17, 15) is 17.6 Å². The molecule has 0 spiro atoms. The fraction of sp³-hybridized carbons (Fsp3) is 0.438. The van der Waals surface area contributed by atoms with Gasteiger partial charge in [0.15, 0.2) is 0 Å². The van der Waals surface area contributed by atoms with Crippen LogP contribution in [0.15, 0.2) is 18.2 Å². The first kappa shape index (κ1) is 18.6. The van der Waals surface area contributed by atoms with Crippen LogP contribution in [0.3, 0.4) is 0 Å². The molecular weight excluding hydrogens is 387 g/mol. The van der Waals surface area contributed by atoms with Crippen LogP contribution < -0.4 is 0 Å². The molecule has 0 radical (unpaired) electrons. The minimum absolute atomic E-state index is 0.120. The predicted molar refractivity (Wildman–Crippen MR) is 98.8 cm³/mol. The van der Waals surface area contributed by atoms with Crippen molar-refractivity contribution in [1.29, 1.82) is 0 Å². The molecule has 0 bridgehead atoms. The first-order valence-corrected chi connectivity index (χ1v) is 11.1. The van der Waals surface area contributed by atoms with Gasteiger partial charge in [-0.1, -0.05) is 11.6 Å². The number of halogens is 2. The van der Waals surface area contributed by atoms with E-state index < -0.39 is 9.84 Å². The molecule has 1 saturated heterocycles. The van der Waals surface area contributed by atoms with Crippen molar-refractivity contribution in [3.8, 4) is 0 Å². The maximum atomic E-state index is 13.4. The average molecular weight is 405 g/mol. The van der Waals surface area contributed by atoms with E-state index in [-0.39, 0.29) is 17.5 Å². The average Bonchev–Trinajstić information content (AvgIpc) is 2.88. The molecule has 9 heteroatoms. The summed E-state index contributed by atoms with van der Waals surface area (Å²) in [5.41, 5.74) is 0. The van der Waals surface area contributed by atoms with Crippen molar-refractivity contribution in [1.82, 2.24) is 9.80 Å². The van der Waals surface area contributed by atoms with Gasteiger partial charge in [0.2, 0.25) is 0 Å². The number of rotatable bonds is 4. The third-order valence-electron chi connectivity index (χ3n) is 4.22. The Balaban J connectivity index is 1.68. The van der Waals surface area contributed by atoms with Gasteiger partial charge in [0.05, 0.1) is 10.8 Å². The summed E-state index contributed by atoms with van der Waals surface area (Å²) in [6, 6.07) is 4.30. The molecule has 1 aromatic carbocycles. The van der Waals surface area contributed by atoms with Crippen molar-refractivity contribution in [2.45, 2.75) is 0 Å². The molecule has 1 fully saturated rings. The zero-order valence-electron chi connectivity index (χ0n) is 13.7. The number of carbonyl (C=O) groups is 1. The molecule has 2 heterocycles. The highest BCUT2D eigenvalue weighted by atomic mass is 35.5. The Kier molecular flexibility index (Phi) is 5.34. The number of piperazine rings is 1. The van der Waals surface area contributed by atoms with E-state index in [0.29, 0.717) is 52.7 Å². The molecule has 1 amide bonds. The van der Waals surface area contributed by atoms with Crippen LogP contribution >= 0.6 is 22.9 Å². The maximum Gasteiger partial charge on any atom is 0.265 e. The molecule has 25 heavy (non-hydrogen) atoms. The fourth-order valence-corrected chi connectivity index (χ4v) is 4.88. The monoisotopic (exact) mass is 404 g/mol. The molecule has 5 nitrogen and oxygen atoms in total. The van der Waals surface area contributed by atoms with Gasteiger partial charge in [0, 0.05) is 49.1 Å². The first-order valence-electron chi connectivity index (χ1n) is 7.81. The van der Waals surface area contributed by atoms with Crippen LogP contribution in [0, 0.1) is 5.82 Å². The molecule has 0 atom stereocenters. The van der Waals surface area contributed by atoms with E-state index in [0.717, 1.165) is 0 Å². The number of hydrogen-bond acceptors (Lipinski definition) is 5. The van der Waals surface area contributed by atoms with Crippen LogP contribution in [0.5, 0.6) is 0 Å². The summed E-state index contributed by atoms with van der Waals surface area (Å²) in [4.78, 5) is 16.9. The Morgan fingerprint density at radius 3 is 2.60 bits per heavy atom. The molecule has 0 unspecified atom stereocenters. The fourth-order valence-electron chi connectivity index (χ4n) is 2.79. The Bertz CT molecular complexity index is 905. The standard InChI is InChI=1S/C16H18ClFN2O3S2/c1-25(22,23)9-8-19-4-6-20(7-5-19)16(21)15-14(17)12-3-2-11(18)10-13(12)24-15/h2-3,10H,4-9H2,1H3. The van der Waals surface area contributed by atoms with Crippen LogP contribution in [-0.2, 0) is 9.84 Å². The van der Waals surface area contributed by atoms with Gasteiger partial charge in [-0.25, -0.2) is 12.8 Å². The lowest BCUT2D eigenvalue weighted by Gasteiger charge is -2.34. The second kappa shape index (κ2) is 7.19. The van der Waals surface area contributed by atoms with Crippen molar-refractivity contribution >= 4 is 48.8 Å². The smallest absolute Gasteiger partial charge is 0.265 e. The molecular formula is C16H18ClFN2O3S2. The third-order valence-corrected chi connectivity index (χ3v) is 6.79. The number of sulfone groups is 1. The van der Waals surface area contributed by atoms with Crippen LogP contribution in [0.4, 0.5) is 4.39 Å². The molecule has 0 saturated carbocycles. The van der Waals surface area contributed by atoms with Crippen molar-refractivity contribution in [3.63, 3.8) is 0 Å².